The molecular weight excluding hydrogens is 348 g/mol. The van der Waals surface area contributed by atoms with E-state index < -0.39 is 9.84 Å². The third-order valence-electron chi connectivity index (χ3n) is 4.39. The number of rotatable bonds is 4. The van der Waals surface area contributed by atoms with Gasteiger partial charge >= 0.3 is 0 Å². The molecule has 5 nitrogen and oxygen atoms in total. The molecular formula is C20H22N2O3S. The van der Waals surface area contributed by atoms with Crippen molar-refractivity contribution < 1.29 is 13.2 Å². The van der Waals surface area contributed by atoms with Crippen molar-refractivity contribution in [2.45, 2.75) is 17.9 Å². The molecule has 1 N–H and O–H groups in total. The Morgan fingerprint density at radius 3 is 2.73 bits per heavy atom. The minimum absolute atomic E-state index is 0.179. The zero-order valence-corrected chi connectivity index (χ0v) is 15.7. The topological polar surface area (TPSA) is 66.5 Å². The number of hydrogen-bond donors (Lipinski definition) is 1. The normalized spacial score (nSPS) is 15.0. The van der Waals surface area contributed by atoms with Crippen molar-refractivity contribution >= 4 is 27.5 Å². The number of amides is 1. The summed E-state index contributed by atoms with van der Waals surface area (Å²) in [7, 11) is -1.20. The summed E-state index contributed by atoms with van der Waals surface area (Å²) in [5.41, 5.74) is 4.08. The van der Waals surface area contributed by atoms with Gasteiger partial charge in [-0.05, 0) is 54.4 Å². The summed E-state index contributed by atoms with van der Waals surface area (Å²) in [4.78, 5) is 14.6. The maximum Gasteiger partial charge on any atom is 0.248 e. The van der Waals surface area contributed by atoms with Gasteiger partial charge in [-0.3, -0.25) is 4.79 Å². The Morgan fingerprint density at radius 2 is 1.96 bits per heavy atom. The van der Waals surface area contributed by atoms with Crippen LogP contribution in [0, 0.1) is 0 Å². The quantitative estimate of drug-likeness (QED) is 0.841. The van der Waals surface area contributed by atoms with Crippen LogP contribution in [0.15, 0.2) is 53.4 Å². The molecule has 1 heterocycles. The average Bonchev–Trinajstić information content (AvgIpc) is 2.59. The highest BCUT2D eigenvalue weighted by Crippen LogP contribution is 2.20. The van der Waals surface area contributed by atoms with Crippen LogP contribution in [0.4, 0.5) is 5.69 Å². The van der Waals surface area contributed by atoms with E-state index in [1.165, 1.54) is 29.3 Å². The number of fused-ring (bicyclic) bond motifs is 1. The number of nitrogens with one attached hydrogen (secondary N) is 1. The van der Waals surface area contributed by atoms with Gasteiger partial charge in [-0.25, -0.2) is 8.42 Å². The van der Waals surface area contributed by atoms with Crippen molar-refractivity contribution in [2.24, 2.45) is 0 Å². The Hall–Kier alpha value is -2.44. The standard InChI is InChI=1S/C20H22N2O3S/c1-22-11-10-16-8-6-15(12-17(16)14-22)7-9-20(23)21-18-4-3-5-19(13-18)26(2,24)25/h3-9,12-13H,10-11,14H2,1-2H3,(H,21,23)/b9-7+. The molecule has 1 aliphatic rings. The number of carbonyl (C=O) groups is 1. The van der Waals surface area contributed by atoms with Gasteiger partial charge in [0.1, 0.15) is 0 Å². The Balaban J connectivity index is 1.70. The number of likely N-dealkylation sites (N-methyl/N-ethyl adjacent to an activating group) is 1. The molecule has 1 aliphatic heterocycles. The lowest BCUT2D eigenvalue weighted by Crippen LogP contribution is -2.26. The second-order valence-corrected chi connectivity index (χ2v) is 8.65. The van der Waals surface area contributed by atoms with Crippen molar-refractivity contribution in [3.8, 4) is 0 Å². The number of carbonyl (C=O) groups excluding carboxylic acids is 1. The van der Waals surface area contributed by atoms with Crippen molar-refractivity contribution in [3.05, 3.63) is 65.2 Å². The number of benzene rings is 2. The Bertz CT molecular complexity index is 965. The molecule has 0 spiro atoms. The second kappa shape index (κ2) is 7.43. The number of anilines is 1. The molecule has 0 saturated heterocycles. The monoisotopic (exact) mass is 370 g/mol. The van der Waals surface area contributed by atoms with Crippen LogP contribution in [0.1, 0.15) is 16.7 Å². The van der Waals surface area contributed by atoms with E-state index in [2.05, 4.69) is 29.4 Å². The van der Waals surface area contributed by atoms with Gasteiger partial charge in [0.2, 0.25) is 5.91 Å². The average molecular weight is 370 g/mol. The molecule has 2 aromatic rings. The summed E-state index contributed by atoms with van der Waals surface area (Å²) >= 11 is 0. The molecule has 1 amide bonds. The van der Waals surface area contributed by atoms with E-state index in [1.807, 2.05) is 6.07 Å². The highest BCUT2D eigenvalue weighted by atomic mass is 32.2. The van der Waals surface area contributed by atoms with Crippen LogP contribution in [0.5, 0.6) is 0 Å². The third-order valence-corrected chi connectivity index (χ3v) is 5.50. The van der Waals surface area contributed by atoms with Crippen LogP contribution in [-0.2, 0) is 27.6 Å². The van der Waals surface area contributed by atoms with Crippen LogP contribution < -0.4 is 5.32 Å². The molecule has 136 valence electrons. The molecule has 2 aromatic carbocycles. The molecule has 6 heteroatoms. The predicted molar refractivity (Wildman–Crippen MR) is 104 cm³/mol. The lowest BCUT2D eigenvalue weighted by atomic mass is 9.97. The summed E-state index contributed by atoms with van der Waals surface area (Å²) in [6, 6.07) is 12.5. The molecule has 26 heavy (non-hydrogen) atoms. The minimum Gasteiger partial charge on any atom is -0.322 e. The van der Waals surface area contributed by atoms with Crippen LogP contribution in [0.2, 0.25) is 0 Å². The smallest absolute Gasteiger partial charge is 0.248 e. The summed E-state index contributed by atoms with van der Waals surface area (Å²) in [5, 5.41) is 2.70. The lowest BCUT2D eigenvalue weighted by Gasteiger charge is -2.25. The minimum atomic E-state index is -3.30. The zero-order valence-electron chi connectivity index (χ0n) is 14.9. The van der Waals surface area contributed by atoms with Gasteiger partial charge in [0.15, 0.2) is 9.84 Å². The summed E-state index contributed by atoms with van der Waals surface area (Å²) in [6.07, 6.45) is 5.42. The number of hydrogen-bond acceptors (Lipinski definition) is 4. The summed E-state index contributed by atoms with van der Waals surface area (Å²) < 4.78 is 23.2. The molecule has 0 fully saturated rings. The second-order valence-electron chi connectivity index (χ2n) is 6.64. The van der Waals surface area contributed by atoms with Gasteiger partial charge in [0.05, 0.1) is 4.90 Å². The molecule has 0 radical (unpaired) electrons. The van der Waals surface area contributed by atoms with Crippen LogP contribution in [0.25, 0.3) is 6.08 Å². The lowest BCUT2D eigenvalue weighted by molar-refractivity contribution is -0.111. The molecule has 0 unspecified atom stereocenters. The first kappa shape index (κ1) is 18.4. The number of sulfone groups is 1. The fraction of sp³-hybridized carbons (Fsp3) is 0.250. The molecule has 3 rings (SSSR count). The summed E-state index contributed by atoms with van der Waals surface area (Å²) in [6.45, 7) is 1.98. The first-order chi connectivity index (χ1) is 12.3. The largest absolute Gasteiger partial charge is 0.322 e. The fourth-order valence-electron chi connectivity index (χ4n) is 2.98. The van der Waals surface area contributed by atoms with Gasteiger partial charge in [-0.1, -0.05) is 24.3 Å². The Morgan fingerprint density at radius 1 is 1.15 bits per heavy atom. The highest BCUT2D eigenvalue weighted by Gasteiger charge is 2.12. The SMILES string of the molecule is CN1CCc2ccc(/C=C/C(=O)Nc3cccc(S(C)(=O)=O)c3)cc2C1. The van der Waals surface area contributed by atoms with E-state index in [-0.39, 0.29) is 10.8 Å². The van der Waals surface area contributed by atoms with Gasteiger partial charge in [-0.15, -0.1) is 0 Å². The first-order valence-electron chi connectivity index (χ1n) is 8.41. The molecule has 0 aromatic heterocycles. The van der Waals surface area contributed by atoms with Crippen LogP contribution in [0.3, 0.4) is 0 Å². The van der Waals surface area contributed by atoms with E-state index in [0.29, 0.717) is 5.69 Å². The molecule has 0 saturated carbocycles. The Kier molecular flexibility index (Phi) is 5.25. The van der Waals surface area contributed by atoms with E-state index in [0.717, 1.165) is 31.3 Å². The van der Waals surface area contributed by atoms with Crippen molar-refractivity contribution in [1.29, 1.82) is 0 Å². The van der Waals surface area contributed by atoms with E-state index in [4.69, 9.17) is 0 Å². The predicted octanol–water partition coefficient (Wildman–Crippen LogP) is 2.73. The maximum atomic E-state index is 12.1. The van der Waals surface area contributed by atoms with Gasteiger partial charge < -0.3 is 10.2 Å². The fourth-order valence-corrected chi connectivity index (χ4v) is 3.65. The first-order valence-corrected chi connectivity index (χ1v) is 10.3. The molecule has 0 atom stereocenters. The van der Waals surface area contributed by atoms with Crippen LogP contribution in [-0.4, -0.2) is 39.1 Å². The van der Waals surface area contributed by atoms with Crippen molar-refractivity contribution in [3.63, 3.8) is 0 Å². The van der Waals surface area contributed by atoms with E-state index in [1.54, 1.807) is 18.2 Å². The molecule has 0 aliphatic carbocycles. The number of nitrogens with zero attached hydrogens (tertiary/aromatic N) is 1. The maximum absolute atomic E-state index is 12.1. The van der Waals surface area contributed by atoms with Gasteiger partial charge in [0, 0.05) is 31.1 Å². The molecule has 0 bridgehead atoms. The third kappa shape index (κ3) is 4.59. The van der Waals surface area contributed by atoms with Gasteiger partial charge in [0.25, 0.3) is 0 Å². The zero-order chi connectivity index (χ0) is 18.7. The van der Waals surface area contributed by atoms with Crippen molar-refractivity contribution in [2.75, 3.05) is 25.2 Å². The van der Waals surface area contributed by atoms with E-state index in [9.17, 15) is 13.2 Å². The van der Waals surface area contributed by atoms with Crippen LogP contribution >= 0.6 is 0 Å². The highest BCUT2D eigenvalue weighted by molar-refractivity contribution is 7.90. The summed E-state index contributed by atoms with van der Waals surface area (Å²) in [5.74, 6) is -0.300. The van der Waals surface area contributed by atoms with Crippen molar-refractivity contribution in [1.82, 2.24) is 4.90 Å². The van der Waals surface area contributed by atoms with Gasteiger partial charge in [-0.2, -0.15) is 0 Å². The Labute approximate surface area is 154 Å². The van der Waals surface area contributed by atoms with E-state index >= 15 is 0 Å².